The minimum Gasteiger partial charge on any atom is -0.391 e. The van der Waals surface area contributed by atoms with Crippen LogP contribution in [0.25, 0.3) is 0 Å². The molecule has 0 saturated heterocycles. The van der Waals surface area contributed by atoms with Gasteiger partial charge in [-0.1, -0.05) is 25.1 Å². The predicted octanol–water partition coefficient (Wildman–Crippen LogP) is 3.09. The smallest absolute Gasteiger partial charge is 0.391 e. The fourth-order valence-corrected chi connectivity index (χ4v) is 2.35. The Balaban J connectivity index is 2.73. The van der Waals surface area contributed by atoms with E-state index in [1.54, 1.807) is 6.92 Å². The Labute approximate surface area is 129 Å². The summed E-state index contributed by atoms with van der Waals surface area (Å²) in [5, 5.41) is 18.9. The maximum absolute atomic E-state index is 12.9. The van der Waals surface area contributed by atoms with Gasteiger partial charge >= 0.3 is 6.18 Å². The van der Waals surface area contributed by atoms with E-state index >= 15 is 0 Å². The zero-order valence-corrected chi connectivity index (χ0v) is 12.8. The van der Waals surface area contributed by atoms with E-state index in [2.05, 4.69) is 6.07 Å². The van der Waals surface area contributed by atoms with Gasteiger partial charge in [0.2, 0.25) is 0 Å². The van der Waals surface area contributed by atoms with E-state index in [0.717, 1.165) is 6.07 Å². The number of alkyl halides is 3. The van der Waals surface area contributed by atoms with Crippen LogP contribution >= 0.6 is 0 Å². The molecular formula is C16H21F3N2O. The van der Waals surface area contributed by atoms with Gasteiger partial charge in [-0.2, -0.15) is 18.4 Å². The van der Waals surface area contributed by atoms with Gasteiger partial charge in [-0.15, -0.1) is 0 Å². The molecule has 1 N–H and O–H groups in total. The van der Waals surface area contributed by atoms with Crippen LogP contribution < -0.4 is 0 Å². The summed E-state index contributed by atoms with van der Waals surface area (Å²) in [5.74, 6) is -0.186. The van der Waals surface area contributed by atoms with Gasteiger partial charge < -0.3 is 5.11 Å². The lowest BCUT2D eigenvalue weighted by Crippen LogP contribution is -2.36. The highest BCUT2D eigenvalue weighted by Crippen LogP contribution is 2.32. The second kappa shape index (κ2) is 8.16. The Morgan fingerprint density at radius 3 is 2.45 bits per heavy atom. The molecule has 2 unspecified atom stereocenters. The van der Waals surface area contributed by atoms with Gasteiger partial charge in [0.05, 0.1) is 23.7 Å². The van der Waals surface area contributed by atoms with Crippen LogP contribution in [-0.4, -0.2) is 35.7 Å². The molecule has 0 radical (unpaired) electrons. The average molecular weight is 314 g/mol. The molecule has 6 heteroatoms. The molecule has 0 bridgehead atoms. The van der Waals surface area contributed by atoms with E-state index in [-0.39, 0.29) is 24.4 Å². The molecule has 0 amide bonds. The van der Waals surface area contributed by atoms with E-state index in [0.29, 0.717) is 13.1 Å². The van der Waals surface area contributed by atoms with Crippen molar-refractivity contribution < 1.29 is 18.3 Å². The summed E-state index contributed by atoms with van der Waals surface area (Å²) < 4.78 is 38.8. The highest BCUT2D eigenvalue weighted by atomic mass is 19.4. The van der Waals surface area contributed by atoms with Crippen LogP contribution in [0.5, 0.6) is 0 Å². The summed E-state index contributed by atoms with van der Waals surface area (Å²) in [7, 11) is 0. The number of benzene rings is 1. The van der Waals surface area contributed by atoms with Crippen molar-refractivity contribution in [3.8, 4) is 6.07 Å². The summed E-state index contributed by atoms with van der Waals surface area (Å²) in [5.41, 5.74) is -0.616. The maximum Gasteiger partial charge on any atom is 0.416 e. The molecule has 0 aromatic heterocycles. The first kappa shape index (κ1) is 18.5. The number of halogens is 3. The van der Waals surface area contributed by atoms with Crippen molar-refractivity contribution in [2.45, 2.75) is 32.5 Å². The highest BCUT2D eigenvalue weighted by Gasteiger charge is 2.33. The van der Waals surface area contributed by atoms with Crippen LogP contribution in [0.15, 0.2) is 24.3 Å². The maximum atomic E-state index is 12.9. The van der Waals surface area contributed by atoms with Crippen LogP contribution in [0, 0.1) is 17.2 Å². The van der Waals surface area contributed by atoms with Crippen LogP contribution in [-0.2, 0) is 12.6 Å². The molecule has 0 spiro atoms. The summed E-state index contributed by atoms with van der Waals surface area (Å²) in [6.07, 6.45) is -5.39. The van der Waals surface area contributed by atoms with Crippen LogP contribution in [0.3, 0.4) is 0 Å². The van der Waals surface area contributed by atoms with Gasteiger partial charge in [-0.25, -0.2) is 0 Å². The minimum absolute atomic E-state index is 0.0624. The summed E-state index contributed by atoms with van der Waals surface area (Å²) in [4.78, 5) is 1.87. The Hall–Kier alpha value is -1.58. The number of rotatable bonds is 7. The van der Waals surface area contributed by atoms with Crippen molar-refractivity contribution >= 4 is 0 Å². The number of aliphatic hydroxyl groups excluding tert-OH is 1. The molecule has 122 valence electrons. The van der Waals surface area contributed by atoms with Gasteiger partial charge in [-0.3, -0.25) is 4.90 Å². The third kappa shape index (κ3) is 5.66. The molecule has 0 aliphatic carbocycles. The molecule has 0 saturated carbocycles. The largest absolute Gasteiger partial charge is 0.416 e. The second-order valence-electron chi connectivity index (χ2n) is 5.40. The highest BCUT2D eigenvalue weighted by molar-refractivity contribution is 5.30. The van der Waals surface area contributed by atoms with Gasteiger partial charge in [0.15, 0.2) is 0 Å². The normalized spacial score (nSPS) is 14.6. The van der Waals surface area contributed by atoms with Crippen LogP contribution in [0.2, 0.25) is 0 Å². The molecule has 1 aromatic rings. The number of nitriles is 1. The second-order valence-corrected chi connectivity index (χ2v) is 5.40. The first-order valence-corrected chi connectivity index (χ1v) is 7.23. The lowest BCUT2D eigenvalue weighted by molar-refractivity contribution is -0.138. The lowest BCUT2D eigenvalue weighted by Gasteiger charge is -2.25. The Bertz CT molecular complexity index is 511. The molecule has 0 heterocycles. The summed E-state index contributed by atoms with van der Waals surface area (Å²) >= 11 is 0. The van der Waals surface area contributed by atoms with Crippen molar-refractivity contribution in [1.82, 2.24) is 4.90 Å². The van der Waals surface area contributed by atoms with Crippen LogP contribution in [0.4, 0.5) is 13.2 Å². The molecule has 3 nitrogen and oxygen atoms in total. The van der Waals surface area contributed by atoms with Crippen molar-refractivity contribution in [2.75, 3.05) is 19.6 Å². The summed E-state index contributed by atoms with van der Waals surface area (Å²) in [6, 6.07) is 7.40. The monoisotopic (exact) mass is 314 g/mol. The Morgan fingerprint density at radius 2 is 1.91 bits per heavy atom. The molecule has 1 rings (SSSR count). The predicted molar refractivity (Wildman–Crippen MR) is 78.0 cm³/mol. The molecular weight excluding hydrogens is 293 g/mol. The van der Waals surface area contributed by atoms with Crippen molar-refractivity contribution in [1.29, 1.82) is 5.26 Å². The van der Waals surface area contributed by atoms with Crippen LogP contribution in [0.1, 0.15) is 25.0 Å². The fraction of sp³-hybridized carbons (Fsp3) is 0.562. The number of aliphatic hydroxyl groups is 1. The molecule has 0 fully saturated rings. The molecule has 0 aliphatic heterocycles. The molecule has 2 atom stereocenters. The SMILES string of the molecule is CCN(CC(C)C#N)CC(O)Cc1ccccc1C(F)(F)F. The number of likely N-dealkylation sites (N-methyl/N-ethyl adjacent to an activating group) is 1. The molecule has 0 aliphatic rings. The quantitative estimate of drug-likeness (QED) is 0.841. The standard InChI is InChI=1S/C16H21F3N2O/c1-3-21(10-12(2)9-20)11-14(22)8-13-6-4-5-7-15(13)16(17,18)19/h4-7,12,14,22H,3,8,10-11H2,1-2H3. The van der Waals surface area contributed by atoms with E-state index in [4.69, 9.17) is 5.26 Å². The van der Waals surface area contributed by atoms with E-state index in [1.165, 1.54) is 18.2 Å². The fourth-order valence-electron chi connectivity index (χ4n) is 2.35. The Morgan fingerprint density at radius 1 is 1.27 bits per heavy atom. The topological polar surface area (TPSA) is 47.3 Å². The zero-order chi connectivity index (χ0) is 16.8. The van der Waals surface area contributed by atoms with Gasteiger partial charge in [0, 0.05) is 19.5 Å². The molecule has 1 aromatic carbocycles. The minimum atomic E-state index is -4.42. The number of nitrogens with zero attached hydrogens (tertiary/aromatic N) is 2. The van der Waals surface area contributed by atoms with Gasteiger partial charge in [0.25, 0.3) is 0 Å². The number of hydrogen-bond acceptors (Lipinski definition) is 3. The zero-order valence-electron chi connectivity index (χ0n) is 12.8. The van der Waals surface area contributed by atoms with Crippen molar-refractivity contribution in [2.24, 2.45) is 5.92 Å². The van der Waals surface area contributed by atoms with Gasteiger partial charge in [-0.05, 0) is 25.1 Å². The summed E-state index contributed by atoms with van der Waals surface area (Å²) in [6.45, 7) is 5.03. The first-order valence-electron chi connectivity index (χ1n) is 7.23. The van der Waals surface area contributed by atoms with Crippen molar-refractivity contribution in [3.05, 3.63) is 35.4 Å². The molecule has 22 heavy (non-hydrogen) atoms. The number of hydrogen-bond donors (Lipinski definition) is 1. The third-order valence-electron chi connectivity index (χ3n) is 3.45. The van der Waals surface area contributed by atoms with E-state index in [9.17, 15) is 18.3 Å². The lowest BCUT2D eigenvalue weighted by atomic mass is 10.0. The van der Waals surface area contributed by atoms with Crippen molar-refractivity contribution in [3.63, 3.8) is 0 Å². The van der Waals surface area contributed by atoms with Gasteiger partial charge in [0.1, 0.15) is 0 Å². The Kier molecular flexibility index (Phi) is 6.85. The first-order chi connectivity index (χ1) is 10.3. The van der Waals surface area contributed by atoms with E-state index < -0.39 is 17.8 Å². The average Bonchev–Trinajstić information content (AvgIpc) is 2.45. The van der Waals surface area contributed by atoms with E-state index in [1.807, 2.05) is 11.8 Å². The third-order valence-corrected chi connectivity index (χ3v) is 3.45.